The van der Waals surface area contributed by atoms with Crippen molar-refractivity contribution in [3.05, 3.63) is 65.2 Å². The van der Waals surface area contributed by atoms with E-state index in [1.165, 1.54) is 6.33 Å². The lowest BCUT2D eigenvalue weighted by Crippen LogP contribution is -2.53. The molecule has 2 aromatic heterocycles. The van der Waals surface area contributed by atoms with Gasteiger partial charge in [0.1, 0.15) is 18.1 Å². The van der Waals surface area contributed by atoms with Crippen molar-refractivity contribution in [2.24, 2.45) is 0 Å². The maximum Gasteiger partial charge on any atom is 0.406 e. The molecule has 0 aliphatic rings. The van der Waals surface area contributed by atoms with E-state index in [2.05, 4.69) is 15.3 Å². The second kappa shape index (κ2) is 9.13. The summed E-state index contributed by atoms with van der Waals surface area (Å²) in [5, 5.41) is 13.5. The fraction of sp³-hybridized carbons (Fsp3) is 0.348. The molecule has 2 heterocycles. The molecule has 2 N–H and O–H groups in total. The Labute approximate surface area is 189 Å². The number of nitrogens with zero attached hydrogens (tertiary/aromatic N) is 3. The van der Waals surface area contributed by atoms with Gasteiger partial charge < -0.3 is 5.11 Å². The quantitative estimate of drug-likeness (QED) is 0.444. The third-order valence-electron chi connectivity index (χ3n) is 5.08. The Bertz CT molecular complexity index is 1090. The highest BCUT2D eigenvalue weighted by molar-refractivity contribution is 6.30. The molecule has 32 heavy (non-hydrogen) atoms. The summed E-state index contributed by atoms with van der Waals surface area (Å²) in [6.07, 6.45) is -3.10. The van der Waals surface area contributed by atoms with Gasteiger partial charge in [0.15, 0.2) is 0 Å². The molecule has 5 nitrogen and oxygen atoms in total. The van der Waals surface area contributed by atoms with Crippen LogP contribution < -0.4 is 5.32 Å². The summed E-state index contributed by atoms with van der Waals surface area (Å²) in [5.74, 6) is 0.0599. The van der Waals surface area contributed by atoms with Crippen molar-refractivity contribution in [3.63, 3.8) is 0 Å². The zero-order valence-electron chi connectivity index (χ0n) is 18.1. The van der Waals surface area contributed by atoms with Crippen LogP contribution in [-0.2, 0) is 0 Å². The summed E-state index contributed by atoms with van der Waals surface area (Å²) in [6.45, 7) is 5.89. The summed E-state index contributed by atoms with van der Waals surface area (Å²) in [5.41, 5.74) is 0.917. The van der Waals surface area contributed by atoms with Crippen molar-refractivity contribution >= 4 is 11.6 Å². The van der Waals surface area contributed by atoms with Gasteiger partial charge in [0, 0.05) is 22.3 Å². The predicted octanol–water partition coefficient (Wildman–Crippen LogP) is 5.90. The molecular formula is C23H24ClF3N4O. The Morgan fingerprint density at radius 3 is 2.25 bits per heavy atom. The monoisotopic (exact) mass is 464 g/mol. The van der Waals surface area contributed by atoms with Crippen molar-refractivity contribution in [2.45, 2.75) is 51.6 Å². The van der Waals surface area contributed by atoms with Crippen molar-refractivity contribution in [2.75, 3.05) is 0 Å². The first-order chi connectivity index (χ1) is 14.9. The molecule has 1 atom stereocenters. The van der Waals surface area contributed by atoms with Crippen LogP contribution in [0.5, 0.6) is 0 Å². The number of nitrogens with one attached hydrogen (secondary N) is 1. The number of benzene rings is 1. The molecule has 3 aromatic rings. The Kier molecular flexibility index (Phi) is 6.88. The highest BCUT2D eigenvalue weighted by atomic mass is 35.5. The highest BCUT2D eigenvalue weighted by Gasteiger charge is 2.48. The Balaban J connectivity index is 2.15. The lowest BCUT2D eigenvalue weighted by Gasteiger charge is -2.32. The minimum atomic E-state index is -4.55. The fourth-order valence-electron chi connectivity index (χ4n) is 3.12. The van der Waals surface area contributed by atoms with Crippen LogP contribution in [0.25, 0.3) is 22.5 Å². The van der Waals surface area contributed by atoms with E-state index in [0.717, 1.165) is 19.5 Å². The van der Waals surface area contributed by atoms with E-state index in [1.54, 1.807) is 42.6 Å². The lowest BCUT2D eigenvalue weighted by molar-refractivity contribution is -0.194. The minimum Gasteiger partial charge on any atom is -0.374 e. The summed E-state index contributed by atoms with van der Waals surface area (Å²) < 4.78 is 40.1. The van der Waals surface area contributed by atoms with E-state index in [1.807, 2.05) is 13.8 Å². The molecule has 3 rings (SSSR count). The van der Waals surface area contributed by atoms with Crippen molar-refractivity contribution in [3.8, 4) is 22.5 Å². The SMILES string of the molecule is CC(C)c1ncncc1-c1cc(C(O)NC(C)(C)C(F)(F)F)cc(-c2ccc(Cl)cc2)n1. The molecule has 0 amide bonds. The first kappa shape index (κ1) is 24.1. The number of rotatable bonds is 6. The lowest BCUT2D eigenvalue weighted by atomic mass is 9.99. The number of alkyl halides is 3. The highest BCUT2D eigenvalue weighted by Crippen LogP contribution is 2.34. The number of hydrogen-bond donors (Lipinski definition) is 2. The number of halogens is 4. The van der Waals surface area contributed by atoms with Crippen LogP contribution in [0.2, 0.25) is 5.02 Å². The molecule has 0 aliphatic carbocycles. The molecular weight excluding hydrogens is 441 g/mol. The molecule has 1 aromatic carbocycles. The van der Waals surface area contributed by atoms with E-state index in [-0.39, 0.29) is 11.5 Å². The first-order valence-electron chi connectivity index (χ1n) is 10.00. The van der Waals surface area contributed by atoms with Gasteiger partial charge in [-0.3, -0.25) is 5.32 Å². The van der Waals surface area contributed by atoms with Crippen LogP contribution in [0.1, 0.15) is 51.1 Å². The zero-order chi connectivity index (χ0) is 23.7. The number of aliphatic hydroxyl groups is 1. The Morgan fingerprint density at radius 2 is 1.66 bits per heavy atom. The second-order valence-electron chi connectivity index (χ2n) is 8.32. The summed E-state index contributed by atoms with van der Waals surface area (Å²) in [6, 6.07) is 9.99. The van der Waals surface area contributed by atoms with E-state index in [4.69, 9.17) is 16.6 Å². The summed E-state index contributed by atoms with van der Waals surface area (Å²) >= 11 is 5.99. The van der Waals surface area contributed by atoms with Gasteiger partial charge >= 0.3 is 6.18 Å². The van der Waals surface area contributed by atoms with Crippen molar-refractivity contribution in [1.29, 1.82) is 0 Å². The summed E-state index contributed by atoms with van der Waals surface area (Å²) in [7, 11) is 0. The van der Waals surface area contributed by atoms with Crippen LogP contribution in [-0.4, -0.2) is 31.8 Å². The van der Waals surface area contributed by atoms with Crippen LogP contribution in [0.4, 0.5) is 13.2 Å². The van der Waals surface area contributed by atoms with Gasteiger partial charge in [0.2, 0.25) is 0 Å². The minimum absolute atomic E-state index is 0.0599. The Morgan fingerprint density at radius 1 is 1.03 bits per heavy atom. The van der Waals surface area contributed by atoms with E-state index < -0.39 is 17.9 Å². The third kappa shape index (κ3) is 5.26. The number of hydrogen-bond acceptors (Lipinski definition) is 5. The smallest absolute Gasteiger partial charge is 0.374 e. The molecule has 0 aliphatic heterocycles. The van der Waals surface area contributed by atoms with Gasteiger partial charge in [-0.15, -0.1) is 0 Å². The normalized spacial score (nSPS) is 13.4. The molecule has 170 valence electrons. The standard InChI is InChI=1S/C23H24ClF3N4O/c1-13(2)20-17(11-28-12-29-20)19-10-15(21(32)31-22(3,4)23(25,26)27)9-18(30-19)14-5-7-16(24)8-6-14/h5-13,21,31-32H,1-4H3. The molecule has 9 heteroatoms. The van der Waals surface area contributed by atoms with Gasteiger partial charge in [-0.25, -0.2) is 15.0 Å². The van der Waals surface area contributed by atoms with Crippen LogP contribution in [0.3, 0.4) is 0 Å². The predicted molar refractivity (Wildman–Crippen MR) is 118 cm³/mol. The average Bonchev–Trinajstić information content (AvgIpc) is 2.72. The Hall–Kier alpha value is -2.55. The van der Waals surface area contributed by atoms with Gasteiger partial charge in [0.25, 0.3) is 0 Å². The molecule has 0 saturated heterocycles. The molecule has 0 fully saturated rings. The number of pyridine rings is 1. The van der Waals surface area contributed by atoms with Crippen molar-refractivity contribution in [1.82, 2.24) is 20.3 Å². The summed E-state index contributed by atoms with van der Waals surface area (Å²) in [4.78, 5) is 13.1. The van der Waals surface area contributed by atoms with Gasteiger partial charge in [0.05, 0.1) is 17.1 Å². The van der Waals surface area contributed by atoms with Crippen LogP contribution in [0.15, 0.2) is 48.9 Å². The molecule has 1 unspecified atom stereocenters. The topological polar surface area (TPSA) is 70.9 Å². The first-order valence-corrected chi connectivity index (χ1v) is 10.4. The van der Waals surface area contributed by atoms with Crippen LogP contribution >= 0.6 is 11.6 Å². The number of aromatic nitrogens is 3. The van der Waals surface area contributed by atoms with Crippen molar-refractivity contribution < 1.29 is 18.3 Å². The van der Waals surface area contributed by atoms with Gasteiger partial charge in [-0.05, 0) is 49.6 Å². The molecule has 0 saturated carbocycles. The fourth-order valence-corrected chi connectivity index (χ4v) is 3.25. The largest absolute Gasteiger partial charge is 0.406 e. The maximum absolute atomic E-state index is 13.4. The average molecular weight is 465 g/mol. The molecule has 0 bridgehead atoms. The van der Waals surface area contributed by atoms with E-state index in [0.29, 0.717) is 27.5 Å². The molecule has 0 radical (unpaired) electrons. The zero-order valence-corrected chi connectivity index (χ0v) is 18.8. The maximum atomic E-state index is 13.4. The molecule has 0 spiro atoms. The van der Waals surface area contributed by atoms with E-state index >= 15 is 0 Å². The third-order valence-corrected chi connectivity index (χ3v) is 5.33. The number of aliphatic hydroxyl groups excluding tert-OH is 1. The van der Waals surface area contributed by atoms with Gasteiger partial charge in [-0.1, -0.05) is 37.6 Å². The van der Waals surface area contributed by atoms with Crippen LogP contribution in [0, 0.1) is 0 Å². The van der Waals surface area contributed by atoms with Gasteiger partial charge in [-0.2, -0.15) is 13.2 Å². The second-order valence-corrected chi connectivity index (χ2v) is 8.76. The van der Waals surface area contributed by atoms with E-state index in [9.17, 15) is 18.3 Å².